The second-order valence-electron chi connectivity index (χ2n) is 3.87. The fourth-order valence-electron chi connectivity index (χ4n) is 1.96. The lowest BCUT2D eigenvalue weighted by Crippen LogP contribution is -2.04. The molecule has 1 heterocycles. The molecule has 0 radical (unpaired) electrons. The Labute approximate surface area is 79.4 Å². The quantitative estimate of drug-likeness (QED) is 0.606. The van der Waals surface area contributed by atoms with Crippen molar-refractivity contribution in [2.45, 2.75) is 45.4 Å². The third-order valence-electron chi connectivity index (χ3n) is 2.69. The second kappa shape index (κ2) is 3.86. The van der Waals surface area contributed by atoms with E-state index in [0.717, 1.165) is 12.1 Å². The normalized spacial score (nSPS) is 17.3. The van der Waals surface area contributed by atoms with E-state index < -0.39 is 0 Å². The first kappa shape index (κ1) is 8.67. The van der Waals surface area contributed by atoms with Crippen LogP contribution in [0.2, 0.25) is 0 Å². The molecule has 0 saturated carbocycles. The first-order valence-electron chi connectivity index (χ1n) is 5.18. The lowest BCUT2D eigenvalue weighted by atomic mass is 9.97. The molecule has 0 bridgehead atoms. The lowest BCUT2D eigenvalue weighted by molar-refractivity contribution is 0.601. The first-order valence-corrected chi connectivity index (χ1v) is 5.18. The zero-order valence-corrected chi connectivity index (χ0v) is 8.21. The van der Waals surface area contributed by atoms with Crippen molar-refractivity contribution in [1.29, 1.82) is 0 Å². The average Bonchev–Trinajstić information content (AvgIpc) is 2.08. The number of aryl methyl sites for hydroxylation is 3. The van der Waals surface area contributed by atoms with Gasteiger partial charge in [-0.25, -0.2) is 0 Å². The monoisotopic (exact) mass is 176 g/mol. The van der Waals surface area contributed by atoms with E-state index in [4.69, 9.17) is 0 Å². The molecular formula is C11H16N2. The van der Waals surface area contributed by atoms with E-state index in [1.54, 1.807) is 0 Å². The Bertz CT molecular complexity index is 294. The third kappa shape index (κ3) is 2.06. The summed E-state index contributed by atoms with van der Waals surface area (Å²) in [5, 5.41) is 8.39. The summed E-state index contributed by atoms with van der Waals surface area (Å²) < 4.78 is 0. The van der Waals surface area contributed by atoms with Gasteiger partial charge in [-0.05, 0) is 44.2 Å². The number of nitrogens with zero attached hydrogens (tertiary/aromatic N) is 2. The summed E-state index contributed by atoms with van der Waals surface area (Å²) in [6.07, 6.45) is 7.66. The van der Waals surface area contributed by atoms with E-state index >= 15 is 0 Å². The van der Waals surface area contributed by atoms with Gasteiger partial charge in [-0.15, -0.1) is 0 Å². The summed E-state index contributed by atoms with van der Waals surface area (Å²) in [7, 11) is 0. The Kier molecular flexibility index (Phi) is 2.57. The van der Waals surface area contributed by atoms with E-state index in [2.05, 4.69) is 16.3 Å². The number of fused-ring (bicyclic) bond motifs is 1. The van der Waals surface area contributed by atoms with Crippen molar-refractivity contribution in [2.75, 3.05) is 0 Å². The third-order valence-corrected chi connectivity index (χ3v) is 2.69. The fraction of sp³-hybridized carbons (Fsp3) is 0.636. The summed E-state index contributed by atoms with van der Waals surface area (Å²) >= 11 is 0. The molecule has 13 heavy (non-hydrogen) atoms. The lowest BCUT2D eigenvalue weighted by Gasteiger charge is -2.11. The maximum absolute atomic E-state index is 4.27. The maximum Gasteiger partial charge on any atom is 0.0663 e. The van der Waals surface area contributed by atoms with Crippen molar-refractivity contribution >= 4 is 0 Å². The van der Waals surface area contributed by atoms with E-state index in [0.29, 0.717) is 0 Å². The van der Waals surface area contributed by atoms with Crippen molar-refractivity contribution in [2.24, 2.45) is 0 Å². The van der Waals surface area contributed by atoms with Crippen LogP contribution in [0.4, 0.5) is 0 Å². The van der Waals surface area contributed by atoms with E-state index in [9.17, 15) is 0 Å². The summed E-state index contributed by atoms with van der Waals surface area (Å²) in [6, 6.07) is 2.20. The molecule has 70 valence electrons. The average molecular weight is 176 g/mol. The highest BCUT2D eigenvalue weighted by atomic mass is 15.1. The van der Waals surface area contributed by atoms with Crippen LogP contribution >= 0.6 is 0 Å². The molecule has 1 aromatic heterocycles. The molecule has 0 amide bonds. The van der Waals surface area contributed by atoms with Crippen LogP contribution in [0.15, 0.2) is 6.07 Å². The number of aromatic nitrogens is 2. The Morgan fingerprint density at radius 3 is 2.62 bits per heavy atom. The predicted molar refractivity (Wildman–Crippen MR) is 52.6 cm³/mol. The molecule has 1 aliphatic carbocycles. The summed E-state index contributed by atoms with van der Waals surface area (Å²) in [4.78, 5) is 0. The van der Waals surface area contributed by atoms with Crippen LogP contribution in [-0.2, 0) is 12.8 Å². The SMILES string of the molecule is Cc1cc2c(nn1)CCCCCC2. The largest absolute Gasteiger partial charge is 0.156 e. The van der Waals surface area contributed by atoms with E-state index in [1.807, 2.05) is 6.92 Å². The van der Waals surface area contributed by atoms with Crippen molar-refractivity contribution in [3.8, 4) is 0 Å². The topological polar surface area (TPSA) is 25.8 Å². The number of rotatable bonds is 0. The van der Waals surface area contributed by atoms with Gasteiger partial charge < -0.3 is 0 Å². The van der Waals surface area contributed by atoms with Crippen LogP contribution in [0.1, 0.15) is 42.6 Å². The van der Waals surface area contributed by atoms with Gasteiger partial charge in [0.25, 0.3) is 0 Å². The van der Waals surface area contributed by atoms with Crippen LogP contribution in [0.5, 0.6) is 0 Å². The summed E-state index contributed by atoms with van der Waals surface area (Å²) in [6.45, 7) is 2.02. The maximum atomic E-state index is 4.27. The minimum atomic E-state index is 1.05. The minimum absolute atomic E-state index is 1.05. The first-order chi connectivity index (χ1) is 6.36. The molecule has 0 atom stereocenters. The molecule has 0 unspecified atom stereocenters. The zero-order valence-electron chi connectivity index (χ0n) is 8.21. The van der Waals surface area contributed by atoms with Crippen molar-refractivity contribution in [1.82, 2.24) is 10.2 Å². The molecule has 2 heteroatoms. The molecule has 0 spiro atoms. The van der Waals surface area contributed by atoms with Crippen LogP contribution in [0, 0.1) is 6.92 Å². The highest BCUT2D eigenvalue weighted by Gasteiger charge is 2.08. The Morgan fingerprint density at radius 1 is 1.00 bits per heavy atom. The Hall–Kier alpha value is -0.920. The van der Waals surface area contributed by atoms with Crippen LogP contribution in [-0.4, -0.2) is 10.2 Å². The number of hydrogen-bond donors (Lipinski definition) is 0. The highest BCUT2D eigenvalue weighted by molar-refractivity contribution is 5.21. The molecule has 0 aromatic carbocycles. The summed E-state index contributed by atoms with van der Waals surface area (Å²) in [5.41, 5.74) is 3.73. The van der Waals surface area contributed by atoms with Gasteiger partial charge in [-0.3, -0.25) is 0 Å². The van der Waals surface area contributed by atoms with Crippen molar-refractivity contribution in [3.63, 3.8) is 0 Å². The zero-order chi connectivity index (χ0) is 9.10. The molecule has 1 aliphatic rings. The molecular weight excluding hydrogens is 160 g/mol. The predicted octanol–water partition coefficient (Wildman–Crippen LogP) is 2.44. The molecule has 0 fully saturated rings. The molecule has 0 aliphatic heterocycles. The Balaban J connectivity index is 2.28. The Morgan fingerprint density at radius 2 is 1.77 bits per heavy atom. The van der Waals surface area contributed by atoms with Gasteiger partial charge >= 0.3 is 0 Å². The van der Waals surface area contributed by atoms with Crippen molar-refractivity contribution in [3.05, 3.63) is 23.0 Å². The molecule has 2 rings (SSSR count). The van der Waals surface area contributed by atoms with Gasteiger partial charge in [0, 0.05) is 0 Å². The van der Waals surface area contributed by atoms with Gasteiger partial charge in [-0.2, -0.15) is 10.2 Å². The van der Waals surface area contributed by atoms with Gasteiger partial charge in [0.05, 0.1) is 11.4 Å². The summed E-state index contributed by atoms with van der Waals surface area (Å²) in [5.74, 6) is 0. The van der Waals surface area contributed by atoms with Crippen molar-refractivity contribution < 1.29 is 0 Å². The second-order valence-corrected chi connectivity index (χ2v) is 3.87. The standard InChI is InChI=1S/C11H16N2/c1-9-8-10-6-4-2-3-5-7-11(10)13-12-9/h8H,2-7H2,1H3. The van der Waals surface area contributed by atoms with Gasteiger partial charge in [0.2, 0.25) is 0 Å². The van der Waals surface area contributed by atoms with E-state index in [1.165, 1.54) is 43.4 Å². The molecule has 2 nitrogen and oxygen atoms in total. The van der Waals surface area contributed by atoms with Gasteiger partial charge in [0.15, 0.2) is 0 Å². The van der Waals surface area contributed by atoms with E-state index in [-0.39, 0.29) is 0 Å². The fourth-order valence-corrected chi connectivity index (χ4v) is 1.96. The molecule has 0 saturated heterocycles. The van der Waals surface area contributed by atoms with Gasteiger partial charge in [0.1, 0.15) is 0 Å². The van der Waals surface area contributed by atoms with Crippen LogP contribution in [0.3, 0.4) is 0 Å². The minimum Gasteiger partial charge on any atom is -0.156 e. The van der Waals surface area contributed by atoms with Crippen LogP contribution in [0.25, 0.3) is 0 Å². The molecule has 0 N–H and O–H groups in total. The number of hydrogen-bond acceptors (Lipinski definition) is 2. The van der Waals surface area contributed by atoms with Gasteiger partial charge in [-0.1, -0.05) is 12.8 Å². The highest BCUT2D eigenvalue weighted by Crippen LogP contribution is 2.17. The molecule has 1 aromatic rings. The van der Waals surface area contributed by atoms with Crippen LogP contribution < -0.4 is 0 Å². The smallest absolute Gasteiger partial charge is 0.0663 e.